The van der Waals surface area contributed by atoms with Crippen LogP contribution in [0.25, 0.3) is 10.9 Å². The van der Waals surface area contributed by atoms with Crippen LogP contribution in [0.3, 0.4) is 0 Å². The Kier molecular flexibility index (Phi) is 7.24. The molecule has 0 fully saturated rings. The summed E-state index contributed by atoms with van der Waals surface area (Å²) in [4.78, 5) is 46.4. The number of rotatable bonds is 6. The number of nitrogens with zero attached hydrogens (tertiary/aromatic N) is 4. The molecule has 0 aliphatic carbocycles. The van der Waals surface area contributed by atoms with E-state index in [1.807, 2.05) is 72.8 Å². The van der Waals surface area contributed by atoms with Crippen molar-refractivity contribution in [2.24, 2.45) is 5.92 Å². The number of amides is 3. The van der Waals surface area contributed by atoms with Crippen LogP contribution < -0.4 is 14.5 Å². The highest BCUT2D eigenvalue weighted by atomic mass is 16.5. The minimum Gasteiger partial charge on any atom is -0.496 e. The summed E-state index contributed by atoms with van der Waals surface area (Å²) in [7, 11) is 1.63. The van der Waals surface area contributed by atoms with Crippen LogP contribution in [0.5, 0.6) is 5.75 Å². The zero-order chi connectivity index (χ0) is 28.3. The lowest BCUT2D eigenvalue weighted by atomic mass is 9.98. The molecule has 4 aromatic rings. The van der Waals surface area contributed by atoms with Crippen LogP contribution in [0.2, 0.25) is 0 Å². The Morgan fingerprint density at radius 1 is 0.951 bits per heavy atom. The highest BCUT2D eigenvalue weighted by molar-refractivity contribution is 6.11. The first kappa shape index (κ1) is 26.3. The molecule has 0 radical (unpaired) electrons. The summed E-state index contributed by atoms with van der Waals surface area (Å²) >= 11 is 0. The minimum atomic E-state index is -1.06. The number of hydrogen-bond donors (Lipinski definition) is 1. The van der Waals surface area contributed by atoms with Gasteiger partial charge in [0.05, 0.1) is 18.3 Å². The maximum Gasteiger partial charge on any atom is 0.247 e. The second kappa shape index (κ2) is 11.3. The summed E-state index contributed by atoms with van der Waals surface area (Å²) in [6, 6.07) is 22.5. The zero-order valence-electron chi connectivity index (χ0n) is 22.8. The van der Waals surface area contributed by atoms with Crippen molar-refractivity contribution in [3.63, 3.8) is 0 Å². The smallest absolute Gasteiger partial charge is 0.247 e. The number of ether oxygens (including phenoxy) is 1. The van der Waals surface area contributed by atoms with Crippen molar-refractivity contribution < 1.29 is 19.1 Å². The molecule has 0 bridgehead atoms. The monoisotopic (exact) mass is 549 g/mol. The van der Waals surface area contributed by atoms with Gasteiger partial charge in [-0.3, -0.25) is 24.4 Å². The van der Waals surface area contributed by atoms with Crippen LogP contribution in [-0.2, 0) is 27.2 Å². The summed E-state index contributed by atoms with van der Waals surface area (Å²) in [6.07, 6.45) is 5.82. The predicted molar refractivity (Wildman–Crippen MR) is 156 cm³/mol. The van der Waals surface area contributed by atoms with Crippen molar-refractivity contribution in [2.75, 3.05) is 30.0 Å². The highest BCUT2D eigenvalue weighted by Crippen LogP contribution is 2.34. The third-order valence-electron chi connectivity index (χ3n) is 7.78. The molecule has 3 aromatic carbocycles. The lowest BCUT2D eigenvalue weighted by Gasteiger charge is -2.27. The number of aromatic amines is 1. The van der Waals surface area contributed by atoms with Crippen molar-refractivity contribution in [1.29, 1.82) is 0 Å². The molecule has 3 amide bonds. The molecule has 6 rings (SSSR count). The van der Waals surface area contributed by atoms with E-state index in [0.29, 0.717) is 17.9 Å². The number of H-pyrrole nitrogens is 1. The van der Waals surface area contributed by atoms with Gasteiger partial charge in [-0.1, -0.05) is 42.5 Å². The van der Waals surface area contributed by atoms with Gasteiger partial charge in [0.1, 0.15) is 18.2 Å². The highest BCUT2D eigenvalue weighted by Gasteiger charge is 2.38. The minimum absolute atomic E-state index is 0.123. The lowest BCUT2D eigenvalue weighted by Crippen LogP contribution is -2.45. The number of carbonyl (C=O) groups is 3. The SMILES string of the molecule is COc1cccc2c1CCCCN2C(=O)CN1C=CN(c2ccccc2)C(=O)C(Cc2[nH]nc3ccccc23)C1=O. The van der Waals surface area contributed by atoms with E-state index in [1.54, 1.807) is 24.4 Å². The number of anilines is 2. The summed E-state index contributed by atoms with van der Waals surface area (Å²) in [5, 5.41) is 8.22. The molecule has 9 heteroatoms. The van der Waals surface area contributed by atoms with Gasteiger partial charge in [-0.2, -0.15) is 5.10 Å². The van der Waals surface area contributed by atoms with E-state index in [1.165, 1.54) is 9.80 Å². The molecule has 208 valence electrons. The summed E-state index contributed by atoms with van der Waals surface area (Å²) in [5.41, 5.74) is 3.90. The summed E-state index contributed by atoms with van der Waals surface area (Å²) in [5.74, 6) is -1.32. The molecule has 3 heterocycles. The molecular formula is C32H31N5O4. The Balaban J connectivity index is 1.33. The van der Waals surface area contributed by atoms with Gasteiger partial charge >= 0.3 is 0 Å². The van der Waals surface area contributed by atoms with E-state index in [9.17, 15) is 14.4 Å². The molecule has 1 atom stereocenters. The summed E-state index contributed by atoms with van der Waals surface area (Å²) in [6.45, 7) is 0.353. The van der Waals surface area contributed by atoms with Gasteiger partial charge in [-0.05, 0) is 49.6 Å². The summed E-state index contributed by atoms with van der Waals surface area (Å²) < 4.78 is 5.58. The van der Waals surface area contributed by atoms with E-state index in [-0.39, 0.29) is 24.8 Å². The largest absolute Gasteiger partial charge is 0.496 e. The van der Waals surface area contributed by atoms with Crippen molar-refractivity contribution in [3.8, 4) is 5.75 Å². The van der Waals surface area contributed by atoms with Crippen LogP contribution >= 0.6 is 0 Å². The molecule has 0 saturated heterocycles. The Morgan fingerprint density at radius 2 is 1.76 bits per heavy atom. The number of para-hydroxylation sites is 2. The first-order valence-electron chi connectivity index (χ1n) is 13.8. The Bertz CT molecular complexity index is 1630. The zero-order valence-corrected chi connectivity index (χ0v) is 22.8. The average Bonchev–Trinajstić information content (AvgIpc) is 3.22. The molecule has 0 spiro atoms. The number of hydrogen-bond acceptors (Lipinski definition) is 5. The molecule has 9 nitrogen and oxygen atoms in total. The quantitative estimate of drug-likeness (QED) is 0.359. The predicted octanol–water partition coefficient (Wildman–Crippen LogP) is 4.45. The van der Waals surface area contributed by atoms with Crippen LogP contribution in [0.15, 0.2) is 85.2 Å². The molecule has 1 unspecified atom stereocenters. The standard InChI is InChI=1S/C32H31N5O4/c1-41-29-16-9-15-28-24(29)13-7-8-17-37(28)30(38)21-35-18-19-36(22-10-3-2-4-11-22)32(40)25(31(35)39)20-27-23-12-5-6-14-26(23)33-34-27/h2-6,9-12,14-16,18-19,25H,7-8,13,17,20-21H2,1H3,(H,33,34). The first-order chi connectivity index (χ1) is 20.0. The van der Waals surface area contributed by atoms with Gasteiger partial charge in [0, 0.05) is 47.7 Å². The van der Waals surface area contributed by atoms with Crippen molar-refractivity contribution in [3.05, 3.63) is 96.5 Å². The average molecular weight is 550 g/mol. The number of benzene rings is 3. The van der Waals surface area contributed by atoms with Gasteiger partial charge in [-0.25, -0.2) is 0 Å². The van der Waals surface area contributed by atoms with Gasteiger partial charge in [0.25, 0.3) is 0 Å². The van der Waals surface area contributed by atoms with Gasteiger partial charge in [0.2, 0.25) is 17.7 Å². The maximum absolute atomic E-state index is 14.0. The van der Waals surface area contributed by atoms with E-state index < -0.39 is 11.8 Å². The molecular weight excluding hydrogens is 518 g/mol. The number of fused-ring (bicyclic) bond motifs is 2. The lowest BCUT2D eigenvalue weighted by molar-refractivity contribution is -0.140. The molecule has 2 aliphatic heterocycles. The van der Waals surface area contributed by atoms with Crippen LogP contribution in [0, 0.1) is 5.92 Å². The topological polar surface area (TPSA) is 98.8 Å². The molecule has 0 saturated carbocycles. The van der Waals surface area contributed by atoms with Crippen molar-refractivity contribution in [1.82, 2.24) is 15.1 Å². The third kappa shape index (κ3) is 5.06. The number of methoxy groups -OCH3 is 1. The van der Waals surface area contributed by atoms with Crippen molar-refractivity contribution >= 4 is 40.0 Å². The fourth-order valence-electron chi connectivity index (χ4n) is 5.68. The first-order valence-corrected chi connectivity index (χ1v) is 13.8. The van der Waals surface area contributed by atoms with Gasteiger partial charge in [0.15, 0.2) is 0 Å². The van der Waals surface area contributed by atoms with Gasteiger partial charge in [-0.15, -0.1) is 0 Å². The second-order valence-corrected chi connectivity index (χ2v) is 10.2. The molecule has 41 heavy (non-hydrogen) atoms. The normalized spacial score (nSPS) is 17.4. The number of aromatic nitrogens is 2. The fraction of sp³-hybridized carbons (Fsp3) is 0.250. The molecule has 1 aromatic heterocycles. The Labute approximate surface area is 238 Å². The van der Waals surface area contributed by atoms with Gasteiger partial charge < -0.3 is 14.5 Å². The number of nitrogens with one attached hydrogen (secondary N) is 1. The molecule has 1 N–H and O–H groups in total. The van der Waals surface area contributed by atoms with Crippen LogP contribution in [0.4, 0.5) is 11.4 Å². The second-order valence-electron chi connectivity index (χ2n) is 10.2. The fourth-order valence-corrected chi connectivity index (χ4v) is 5.68. The van der Waals surface area contributed by atoms with E-state index in [2.05, 4.69) is 10.2 Å². The van der Waals surface area contributed by atoms with E-state index in [0.717, 1.165) is 47.2 Å². The van der Waals surface area contributed by atoms with E-state index >= 15 is 0 Å². The molecule has 2 aliphatic rings. The van der Waals surface area contributed by atoms with E-state index in [4.69, 9.17) is 4.74 Å². The maximum atomic E-state index is 14.0. The van der Waals surface area contributed by atoms with Crippen molar-refractivity contribution in [2.45, 2.75) is 25.7 Å². The van der Waals surface area contributed by atoms with Crippen LogP contribution in [-0.4, -0.2) is 53.0 Å². The van der Waals surface area contributed by atoms with Crippen LogP contribution in [0.1, 0.15) is 24.1 Å². The third-order valence-corrected chi connectivity index (χ3v) is 7.78. The Morgan fingerprint density at radius 3 is 2.59 bits per heavy atom. The number of carbonyl (C=O) groups excluding carboxylic acids is 3. The Hall–Kier alpha value is -4.92.